The molecule has 0 bridgehead atoms. The molecule has 0 aliphatic heterocycles. The van der Waals surface area contributed by atoms with Gasteiger partial charge in [0.1, 0.15) is 6.54 Å². The third-order valence-electron chi connectivity index (χ3n) is 3.40. The molecule has 1 saturated carbocycles. The maximum atomic E-state index is 10.7. The molecule has 6 nitrogen and oxygen atoms in total. The summed E-state index contributed by atoms with van der Waals surface area (Å²) in [4.78, 5) is 10.7. The zero-order valence-corrected chi connectivity index (χ0v) is 11.3. The number of rotatable bonds is 5. The van der Waals surface area contributed by atoms with Crippen LogP contribution in [0.1, 0.15) is 39.0 Å². The zero-order valence-electron chi connectivity index (χ0n) is 10.4. The molecule has 1 fully saturated rings. The van der Waals surface area contributed by atoms with Crippen LogP contribution in [0.3, 0.4) is 0 Å². The number of aliphatic carboxylic acids is 1. The molecular formula is C11H18N4O2S. The van der Waals surface area contributed by atoms with E-state index in [2.05, 4.69) is 22.4 Å². The van der Waals surface area contributed by atoms with Crippen LogP contribution in [0, 0.1) is 5.92 Å². The van der Waals surface area contributed by atoms with Crippen molar-refractivity contribution in [1.29, 1.82) is 0 Å². The second-order valence-electron chi connectivity index (χ2n) is 4.62. The third-order valence-corrected chi connectivity index (χ3v) is 4.83. The van der Waals surface area contributed by atoms with Gasteiger partial charge in [-0.1, -0.05) is 37.9 Å². The first kappa shape index (κ1) is 13.3. The maximum Gasteiger partial charge on any atom is 0.325 e. The Labute approximate surface area is 110 Å². The quantitative estimate of drug-likeness (QED) is 0.879. The molecule has 2 unspecified atom stereocenters. The van der Waals surface area contributed by atoms with E-state index in [4.69, 9.17) is 5.11 Å². The summed E-state index contributed by atoms with van der Waals surface area (Å²) in [7, 11) is 0. The van der Waals surface area contributed by atoms with Crippen molar-refractivity contribution < 1.29 is 9.90 Å². The van der Waals surface area contributed by atoms with E-state index in [1.54, 1.807) is 11.8 Å². The summed E-state index contributed by atoms with van der Waals surface area (Å²) in [5, 5.41) is 21.2. The molecule has 2 rings (SSSR count). The van der Waals surface area contributed by atoms with Gasteiger partial charge in [-0.2, -0.15) is 0 Å². The fraction of sp³-hybridized carbons (Fsp3) is 0.818. The van der Waals surface area contributed by atoms with E-state index in [1.807, 2.05) is 0 Å². The molecule has 0 aromatic carbocycles. The summed E-state index contributed by atoms with van der Waals surface area (Å²) in [6.07, 6.45) is 6.14. The molecule has 18 heavy (non-hydrogen) atoms. The standard InChI is InChI=1S/C11H18N4O2S/c1-2-8-5-3-4-6-9(8)18-11-12-13-14-15(11)7-10(16)17/h8-9H,2-7H2,1H3,(H,16,17). The van der Waals surface area contributed by atoms with Crippen molar-refractivity contribution in [2.45, 2.75) is 56.0 Å². The van der Waals surface area contributed by atoms with Crippen LogP contribution in [0.5, 0.6) is 0 Å². The summed E-state index contributed by atoms with van der Waals surface area (Å²) < 4.78 is 1.37. The molecule has 2 atom stereocenters. The van der Waals surface area contributed by atoms with Gasteiger partial charge in [-0.15, -0.1) is 5.10 Å². The van der Waals surface area contributed by atoms with Gasteiger partial charge < -0.3 is 5.11 Å². The van der Waals surface area contributed by atoms with Crippen molar-refractivity contribution in [3.8, 4) is 0 Å². The Morgan fingerprint density at radius 3 is 3.00 bits per heavy atom. The first-order chi connectivity index (χ1) is 8.70. The van der Waals surface area contributed by atoms with Gasteiger partial charge in [0.2, 0.25) is 5.16 Å². The predicted molar refractivity (Wildman–Crippen MR) is 67.3 cm³/mol. The fourth-order valence-electron chi connectivity index (χ4n) is 2.44. The summed E-state index contributed by atoms with van der Waals surface area (Å²) in [6.45, 7) is 2.04. The summed E-state index contributed by atoms with van der Waals surface area (Å²) >= 11 is 1.64. The van der Waals surface area contributed by atoms with Crippen molar-refractivity contribution in [3.05, 3.63) is 0 Å². The smallest absolute Gasteiger partial charge is 0.325 e. The number of thioether (sulfide) groups is 1. The molecule has 1 aromatic rings. The van der Waals surface area contributed by atoms with Gasteiger partial charge in [0, 0.05) is 5.25 Å². The van der Waals surface area contributed by atoms with E-state index < -0.39 is 5.97 Å². The van der Waals surface area contributed by atoms with E-state index in [-0.39, 0.29) is 6.54 Å². The third kappa shape index (κ3) is 3.22. The van der Waals surface area contributed by atoms with Crippen LogP contribution in [0.2, 0.25) is 0 Å². The molecule has 1 aromatic heterocycles. The lowest BCUT2D eigenvalue weighted by molar-refractivity contribution is -0.138. The average Bonchev–Trinajstić information content (AvgIpc) is 2.76. The minimum atomic E-state index is -0.917. The molecule has 0 spiro atoms. The molecule has 0 amide bonds. The van der Waals surface area contributed by atoms with Gasteiger partial charge in [0.25, 0.3) is 0 Å². The lowest BCUT2D eigenvalue weighted by atomic mass is 9.87. The lowest BCUT2D eigenvalue weighted by Crippen LogP contribution is -2.22. The van der Waals surface area contributed by atoms with Crippen LogP contribution < -0.4 is 0 Å². The molecule has 1 aliphatic rings. The highest BCUT2D eigenvalue weighted by atomic mass is 32.2. The number of carboxylic acid groups (broad SMARTS) is 1. The number of tetrazole rings is 1. The van der Waals surface area contributed by atoms with Crippen LogP contribution in [-0.2, 0) is 11.3 Å². The average molecular weight is 270 g/mol. The van der Waals surface area contributed by atoms with E-state index >= 15 is 0 Å². The first-order valence-corrected chi connectivity index (χ1v) is 7.23. The Morgan fingerprint density at radius 2 is 2.28 bits per heavy atom. The molecule has 0 saturated heterocycles. The van der Waals surface area contributed by atoms with E-state index in [0.29, 0.717) is 16.3 Å². The second kappa shape index (κ2) is 6.17. The Kier molecular flexibility index (Phi) is 4.57. The molecule has 1 aliphatic carbocycles. The summed E-state index contributed by atoms with van der Waals surface area (Å²) in [5.74, 6) is -0.224. The summed E-state index contributed by atoms with van der Waals surface area (Å²) in [5.41, 5.74) is 0. The highest BCUT2D eigenvalue weighted by Crippen LogP contribution is 2.37. The highest BCUT2D eigenvalue weighted by molar-refractivity contribution is 7.99. The monoisotopic (exact) mass is 270 g/mol. The number of hydrogen-bond acceptors (Lipinski definition) is 5. The van der Waals surface area contributed by atoms with Gasteiger partial charge in [-0.3, -0.25) is 4.79 Å². The van der Waals surface area contributed by atoms with Gasteiger partial charge in [-0.25, -0.2) is 4.68 Å². The Bertz CT molecular complexity index is 410. The largest absolute Gasteiger partial charge is 0.480 e. The minimum Gasteiger partial charge on any atom is -0.480 e. The summed E-state index contributed by atoms with van der Waals surface area (Å²) in [6, 6.07) is 0. The van der Waals surface area contributed by atoms with E-state index in [1.165, 1.54) is 30.4 Å². The van der Waals surface area contributed by atoms with Gasteiger partial charge in [-0.05, 0) is 29.2 Å². The van der Waals surface area contributed by atoms with Crippen molar-refractivity contribution in [1.82, 2.24) is 20.2 Å². The molecule has 1 heterocycles. The van der Waals surface area contributed by atoms with Crippen molar-refractivity contribution in [3.63, 3.8) is 0 Å². The van der Waals surface area contributed by atoms with E-state index in [9.17, 15) is 4.79 Å². The van der Waals surface area contributed by atoms with Gasteiger partial charge >= 0.3 is 5.97 Å². The Morgan fingerprint density at radius 1 is 1.50 bits per heavy atom. The maximum absolute atomic E-state index is 10.7. The normalized spacial score (nSPS) is 24.1. The zero-order chi connectivity index (χ0) is 13.0. The van der Waals surface area contributed by atoms with Gasteiger partial charge in [0.05, 0.1) is 0 Å². The van der Waals surface area contributed by atoms with Crippen LogP contribution in [0.4, 0.5) is 0 Å². The van der Waals surface area contributed by atoms with E-state index in [0.717, 1.165) is 6.42 Å². The van der Waals surface area contributed by atoms with Crippen LogP contribution in [0.25, 0.3) is 0 Å². The van der Waals surface area contributed by atoms with Crippen LogP contribution in [0.15, 0.2) is 5.16 Å². The number of hydrogen-bond donors (Lipinski definition) is 1. The first-order valence-electron chi connectivity index (χ1n) is 6.35. The number of nitrogens with zero attached hydrogens (tertiary/aromatic N) is 4. The topological polar surface area (TPSA) is 80.9 Å². The van der Waals surface area contributed by atoms with Crippen molar-refractivity contribution >= 4 is 17.7 Å². The van der Waals surface area contributed by atoms with Crippen LogP contribution in [-0.4, -0.2) is 36.5 Å². The number of aromatic nitrogens is 4. The molecule has 0 radical (unpaired) electrons. The molecule has 1 N–H and O–H groups in total. The Hall–Kier alpha value is -1.11. The number of carbonyl (C=O) groups is 1. The second-order valence-corrected chi connectivity index (χ2v) is 5.83. The molecule has 7 heteroatoms. The number of carboxylic acids is 1. The minimum absolute atomic E-state index is 0.168. The Balaban J connectivity index is 2.03. The fourth-order valence-corrected chi connectivity index (χ4v) is 3.82. The molecular weight excluding hydrogens is 252 g/mol. The molecule has 100 valence electrons. The van der Waals surface area contributed by atoms with Crippen LogP contribution >= 0.6 is 11.8 Å². The SMILES string of the molecule is CCC1CCCCC1Sc1nnnn1CC(=O)O. The van der Waals surface area contributed by atoms with Crippen molar-refractivity contribution in [2.24, 2.45) is 5.92 Å². The predicted octanol–water partition coefficient (Wildman–Crippen LogP) is 1.82. The lowest BCUT2D eigenvalue weighted by Gasteiger charge is -2.29. The van der Waals surface area contributed by atoms with Gasteiger partial charge in [0.15, 0.2) is 0 Å². The highest BCUT2D eigenvalue weighted by Gasteiger charge is 2.26. The van der Waals surface area contributed by atoms with Crippen molar-refractivity contribution in [2.75, 3.05) is 0 Å².